The second-order valence-corrected chi connectivity index (χ2v) is 4.72. The van der Waals surface area contributed by atoms with Gasteiger partial charge in [-0.15, -0.1) is 0 Å². The van der Waals surface area contributed by atoms with E-state index in [1.54, 1.807) is 12.3 Å². The quantitative estimate of drug-likeness (QED) is 0.879. The van der Waals surface area contributed by atoms with Crippen LogP contribution < -0.4 is 11.1 Å². The summed E-state index contributed by atoms with van der Waals surface area (Å²) in [4.78, 5) is 8.32. The van der Waals surface area contributed by atoms with Crippen LogP contribution in [0.1, 0.15) is 36.2 Å². The average Bonchev–Trinajstić information content (AvgIpc) is 2.43. The summed E-state index contributed by atoms with van der Waals surface area (Å²) in [5.41, 5.74) is 8.69. The topological polar surface area (TPSA) is 63.8 Å². The number of nitrogens with zero attached hydrogens (tertiary/aromatic N) is 2. The SMILES string of the molecule is CCCNC(c1ccc(F)cn1)c1c(C)ccnc1N. The Morgan fingerprint density at radius 3 is 2.70 bits per heavy atom. The van der Waals surface area contributed by atoms with E-state index in [0.717, 1.165) is 29.8 Å². The van der Waals surface area contributed by atoms with Crippen molar-refractivity contribution in [3.8, 4) is 0 Å². The van der Waals surface area contributed by atoms with E-state index in [1.165, 1.54) is 12.3 Å². The third-order valence-corrected chi connectivity index (χ3v) is 3.17. The predicted molar refractivity (Wildman–Crippen MR) is 77.7 cm³/mol. The van der Waals surface area contributed by atoms with E-state index in [1.807, 2.05) is 13.0 Å². The predicted octanol–water partition coefficient (Wildman–Crippen LogP) is 2.60. The van der Waals surface area contributed by atoms with Crippen LogP contribution in [0.2, 0.25) is 0 Å². The zero-order chi connectivity index (χ0) is 14.5. The van der Waals surface area contributed by atoms with Crippen LogP contribution in [0, 0.1) is 12.7 Å². The molecule has 5 heteroatoms. The number of hydrogen-bond acceptors (Lipinski definition) is 4. The summed E-state index contributed by atoms with van der Waals surface area (Å²) in [5.74, 6) is 0.128. The highest BCUT2D eigenvalue weighted by Crippen LogP contribution is 2.27. The number of hydrogen-bond donors (Lipinski definition) is 2. The first-order valence-corrected chi connectivity index (χ1v) is 6.69. The number of halogens is 1. The van der Waals surface area contributed by atoms with Crippen LogP contribution in [0.25, 0.3) is 0 Å². The van der Waals surface area contributed by atoms with Gasteiger partial charge in [0.05, 0.1) is 17.9 Å². The fraction of sp³-hybridized carbons (Fsp3) is 0.333. The van der Waals surface area contributed by atoms with Crippen LogP contribution in [-0.2, 0) is 0 Å². The summed E-state index contributed by atoms with van der Waals surface area (Å²) in [6, 6.07) is 4.82. The standard InChI is InChI=1S/C15H19FN4/c1-3-7-18-14(12-5-4-11(16)9-20-12)13-10(2)6-8-19-15(13)17/h4-6,8-9,14,18H,3,7H2,1-2H3,(H2,17,19). The van der Waals surface area contributed by atoms with Crippen LogP contribution in [0.15, 0.2) is 30.6 Å². The zero-order valence-corrected chi connectivity index (χ0v) is 11.7. The zero-order valence-electron chi connectivity index (χ0n) is 11.7. The highest BCUT2D eigenvalue weighted by Gasteiger charge is 2.20. The molecule has 20 heavy (non-hydrogen) atoms. The Bertz CT molecular complexity index is 548. The Morgan fingerprint density at radius 1 is 1.30 bits per heavy atom. The molecule has 2 heterocycles. The summed E-state index contributed by atoms with van der Waals surface area (Å²) in [6.45, 7) is 4.89. The van der Waals surface area contributed by atoms with E-state index in [0.29, 0.717) is 5.82 Å². The van der Waals surface area contributed by atoms with Crippen molar-refractivity contribution in [2.45, 2.75) is 26.3 Å². The van der Waals surface area contributed by atoms with Gasteiger partial charge >= 0.3 is 0 Å². The lowest BCUT2D eigenvalue weighted by Gasteiger charge is -2.21. The minimum absolute atomic E-state index is 0.177. The van der Waals surface area contributed by atoms with E-state index in [-0.39, 0.29) is 11.9 Å². The molecule has 0 saturated heterocycles. The van der Waals surface area contributed by atoms with Gasteiger partial charge in [0, 0.05) is 11.8 Å². The second kappa shape index (κ2) is 6.43. The first-order chi connectivity index (χ1) is 9.63. The van der Waals surface area contributed by atoms with Crippen molar-refractivity contribution in [1.29, 1.82) is 0 Å². The second-order valence-electron chi connectivity index (χ2n) is 4.72. The lowest BCUT2D eigenvalue weighted by molar-refractivity contribution is 0.574. The van der Waals surface area contributed by atoms with Gasteiger partial charge in [-0.05, 0) is 43.7 Å². The van der Waals surface area contributed by atoms with Crippen molar-refractivity contribution in [2.24, 2.45) is 0 Å². The first-order valence-electron chi connectivity index (χ1n) is 6.69. The molecule has 106 valence electrons. The molecule has 2 aromatic rings. The number of aryl methyl sites for hydroxylation is 1. The monoisotopic (exact) mass is 274 g/mol. The van der Waals surface area contributed by atoms with Crippen LogP contribution >= 0.6 is 0 Å². The summed E-state index contributed by atoms with van der Waals surface area (Å²) in [5, 5.41) is 3.40. The fourth-order valence-electron chi connectivity index (χ4n) is 2.17. The maximum atomic E-state index is 13.0. The molecule has 2 aromatic heterocycles. The molecular weight excluding hydrogens is 255 g/mol. The number of rotatable bonds is 5. The molecule has 0 amide bonds. The van der Waals surface area contributed by atoms with Crippen molar-refractivity contribution < 1.29 is 4.39 Å². The molecule has 0 spiro atoms. The van der Waals surface area contributed by atoms with Crippen molar-refractivity contribution in [1.82, 2.24) is 15.3 Å². The van der Waals surface area contributed by atoms with E-state index in [2.05, 4.69) is 22.2 Å². The highest BCUT2D eigenvalue weighted by atomic mass is 19.1. The Morgan fingerprint density at radius 2 is 2.10 bits per heavy atom. The molecule has 0 aliphatic rings. The summed E-state index contributed by atoms with van der Waals surface area (Å²) >= 11 is 0. The minimum atomic E-state index is -0.348. The Balaban J connectivity index is 2.44. The summed E-state index contributed by atoms with van der Waals surface area (Å²) in [7, 11) is 0. The van der Waals surface area contributed by atoms with E-state index < -0.39 is 0 Å². The lowest BCUT2D eigenvalue weighted by atomic mass is 9.99. The molecule has 4 nitrogen and oxygen atoms in total. The molecule has 0 aliphatic heterocycles. The van der Waals surface area contributed by atoms with Gasteiger partial charge in [-0.3, -0.25) is 4.98 Å². The maximum Gasteiger partial charge on any atom is 0.141 e. The number of nitrogen functional groups attached to an aromatic ring is 1. The van der Waals surface area contributed by atoms with Crippen LogP contribution in [-0.4, -0.2) is 16.5 Å². The Labute approximate surface area is 118 Å². The largest absolute Gasteiger partial charge is 0.383 e. The Kier molecular flexibility index (Phi) is 4.63. The normalized spacial score (nSPS) is 12.3. The fourth-order valence-corrected chi connectivity index (χ4v) is 2.17. The van der Waals surface area contributed by atoms with Gasteiger partial charge in [0.25, 0.3) is 0 Å². The van der Waals surface area contributed by atoms with Gasteiger partial charge in [0.1, 0.15) is 11.6 Å². The molecule has 1 atom stereocenters. The molecule has 1 unspecified atom stereocenters. The van der Waals surface area contributed by atoms with E-state index >= 15 is 0 Å². The average molecular weight is 274 g/mol. The molecule has 0 radical (unpaired) electrons. The third kappa shape index (κ3) is 3.11. The molecule has 2 rings (SSSR count). The molecule has 3 N–H and O–H groups in total. The molecule has 0 fully saturated rings. The summed E-state index contributed by atoms with van der Waals surface area (Å²) in [6.07, 6.45) is 3.89. The summed E-state index contributed by atoms with van der Waals surface area (Å²) < 4.78 is 13.0. The van der Waals surface area contributed by atoms with Crippen LogP contribution in [0.5, 0.6) is 0 Å². The molecule has 0 bridgehead atoms. The van der Waals surface area contributed by atoms with Gasteiger partial charge < -0.3 is 11.1 Å². The number of anilines is 1. The number of aromatic nitrogens is 2. The Hall–Kier alpha value is -2.01. The van der Waals surface area contributed by atoms with Crippen molar-refractivity contribution in [3.63, 3.8) is 0 Å². The van der Waals surface area contributed by atoms with Crippen molar-refractivity contribution in [2.75, 3.05) is 12.3 Å². The number of nitrogens with one attached hydrogen (secondary N) is 1. The highest BCUT2D eigenvalue weighted by molar-refractivity contribution is 5.48. The van der Waals surface area contributed by atoms with Gasteiger partial charge in [-0.2, -0.15) is 0 Å². The van der Waals surface area contributed by atoms with Gasteiger partial charge in [0.2, 0.25) is 0 Å². The van der Waals surface area contributed by atoms with E-state index in [4.69, 9.17) is 5.73 Å². The van der Waals surface area contributed by atoms with Gasteiger partial charge in [-0.25, -0.2) is 9.37 Å². The third-order valence-electron chi connectivity index (χ3n) is 3.17. The van der Waals surface area contributed by atoms with E-state index in [9.17, 15) is 4.39 Å². The minimum Gasteiger partial charge on any atom is -0.383 e. The maximum absolute atomic E-state index is 13.0. The van der Waals surface area contributed by atoms with Crippen molar-refractivity contribution in [3.05, 3.63) is 53.2 Å². The molecule has 0 saturated carbocycles. The molecule has 0 aliphatic carbocycles. The first kappa shape index (κ1) is 14.4. The van der Waals surface area contributed by atoms with Crippen LogP contribution in [0.4, 0.5) is 10.2 Å². The molecular formula is C15H19FN4. The smallest absolute Gasteiger partial charge is 0.141 e. The van der Waals surface area contributed by atoms with Gasteiger partial charge in [-0.1, -0.05) is 6.92 Å². The van der Waals surface area contributed by atoms with Crippen LogP contribution in [0.3, 0.4) is 0 Å². The number of nitrogens with two attached hydrogens (primary N) is 1. The number of pyridine rings is 2. The lowest BCUT2D eigenvalue weighted by Crippen LogP contribution is -2.26. The molecule has 0 aromatic carbocycles. The van der Waals surface area contributed by atoms with Gasteiger partial charge in [0.15, 0.2) is 0 Å². The van der Waals surface area contributed by atoms with Crippen molar-refractivity contribution >= 4 is 5.82 Å².